The van der Waals surface area contributed by atoms with Crippen molar-refractivity contribution in [3.63, 3.8) is 0 Å². The predicted molar refractivity (Wildman–Crippen MR) is 76.5 cm³/mol. The smallest absolute Gasteiger partial charge is 0.335 e. The molecule has 9 nitrogen and oxygen atoms in total. The van der Waals surface area contributed by atoms with Crippen molar-refractivity contribution in [3.05, 3.63) is 0 Å². The lowest BCUT2D eigenvalue weighted by Crippen LogP contribution is -2.60. The predicted octanol–water partition coefficient (Wildman–Crippen LogP) is -0.135. The third kappa shape index (κ3) is 3.27. The third-order valence-electron chi connectivity index (χ3n) is 3.94. The normalized spacial score (nSPS) is 41.5. The minimum atomic E-state index is -3.88. The van der Waals surface area contributed by atoms with Crippen molar-refractivity contribution in [3.8, 4) is 0 Å². The molecule has 10 heteroatoms. The second-order valence-electron chi connectivity index (χ2n) is 6.72. The highest BCUT2D eigenvalue weighted by Crippen LogP contribution is 2.47. The minimum absolute atomic E-state index is 0.187. The van der Waals surface area contributed by atoms with Crippen molar-refractivity contribution < 1.29 is 36.3 Å². The molecule has 0 aromatic carbocycles. The van der Waals surface area contributed by atoms with Crippen LogP contribution in [0.15, 0.2) is 0 Å². The summed E-state index contributed by atoms with van der Waals surface area (Å²) in [7, 11) is -2.62. The molecule has 4 atom stereocenters. The van der Waals surface area contributed by atoms with E-state index in [0.717, 1.165) is 0 Å². The van der Waals surface area contributed by atoms with E-state index in [1.54, 1.807) is 27.7 Å². The molecule has 0 spiro atoms. The summed E-state index contributed by atoms with van der Waals surface area (Å²) in [6.45, 7) is 6.88. The monoisotopic (exact) mass is 353 g/mol. The van der Waals surface area contributed by atoms with Gasteiger partial charge in [0.25, 0.3) is 0 Å². The van der Waals surface area contributed by atoms with E-state index in [1.807, 2.05) is 0 Å². The lowest BCUT2D eigenvalue weighted by Gasteiger charge is -2.40. The number of rotatable bonds is 4. The van der Waals surface area contributed by atoms with Gasteiger partial charge in [-0.05, 0) is 27.7 Å². The first kappa shape index (κ1) is 17.5. The van der Waals surface area contributed by atoms with Crippen LogP contribution in [-0.4, -0.2) is 64.4 Å². The van der Waals surface area contributed by atoms with E-state index in [0.29, 0.717) is 0 Å². The number of hydrogen-bond acceptors (Lipinski definition) is 8. The molecule has 3 aliphatic rings. The molecule has 0 aromatic heterocycles. The van der Waals surface area contributed by atoms with Gasteiger partial charge in [0.2, 0.25) is 5.79 Å². The van der Waals surface area contributed by atoms with Gasteiger partial charge in [0.15, 0.2) is 11.6 Å². The van der Waals surface area contributed by atoms with E-state index in [9.17, 15) is 8.42 Å². The van der Waals surface area contributed by atoms with Crippen molar-refractivity contribution in [1.29, 1.82) is 0 Å². The van der Waals surface area contributed by atoms with E-state index in [-0.39, 0.29) is 19.3 Å². The molecule has 3 aliphatic heterocycles. The highest BCUT2D eigenvalue weighted by Gasteiger charge is 2.65. The van der Waals surface area contributed by atoms with Gasteiger partial charge >= 0.3 is 10.3 Å². The van der Waals surface area contributed by atoms with Gasteiger partial charge in [-0.15, -0.1) is 0 Å². The van der Waals surface area contributed by atoms with Gasteiger partial charge in [-0.1, -0.05) is 0 Å². The Hall–Kier alpha value is -0.330. The van der Waals surface area contributed by atoms with Gasteiger partial charge in [-0.3, -0.25) is 4.18 Å². The summed E-state index contributed by atoms with van der Waals surface area (Å²) in [5.41, 5.74) is 0. The van der Waals surface area contributed by atoms with E-state index in [2.05, 4.69) is 4.72 Å². The molecule has 3 saturated heterocycles. The SMILES string of the molecule is CNS(=O)(=O)OC[C@]12OC[C@@H]3OC(C)(C)O[C@@H]3C1OC(C)(C)O2. The zero-order valence-corrected chi connectivity index (χ0v) is 14.6. The Kier molecular flexibility index (Phi) is 4.06. The van der Waals surface area contributed by atoms with Crippen LogP contribution in [0.3, 0.4) is 0 Å². The number of fused-ring (bicyclic) bond motifs is 3. The molecule has 3 heterocycles. The fraction of sp³-hybridized carbons (Fsp3) is 1.00. The lowest BCUT2D eigenvalue weighted by molar-refractivity contribution is -0.290. The van der Waals surface area contributed by atoms with E-state index >= 15 is 0 Å². The van der Waals surface area contributed by atoms with Crippen LogP contribution in [0.5, 0.6) is 0 Å². The van der Waals surface area contributed by atoms with Crippen LogP contribution in [-0.2, 0) is 38.2 Å². The summed E-state index contributed by atoms with van der Waals surface area (Å²) in [6.07, 6.45) is -1.44. The molecule has 0 aliphatic carbocycles. The Morgan fingerprint density at radius 1 is 1.13 bits per heavy atom. The second-order valence-corrected chi connectivity index (χ2v) is 8.27. The molecule has 3 fully saturated rings. The zero-order valence-electron chi connectivity index (χ0n) is 13.8. The van der Waals surface area contributed by atoms with E-state index in [1.165, 1.54) is 7.05 Å². The first-order chi connectivity index (χ1) is 10.5. The number of hydrogen-bond donors (Lipinski definition) is 1. The standard InChI is InChI=1S/C13H23NO8S/c1-11(2)19-8-6-17-13(7-18-23(15,16)14-5)10(9(8)20-11)21-12(3,4)22-13/h8-10,14H,6-7H2,1-5H3/t8-,9-,10?,13+/m0/s1. The van der Waals surface area contributed by atoms with Crippen LogP contribution < -0.4 is 4.72 Å². The molecular formula is C13H23NO8S. The largest absolute Gasteiger partial charge is 0.343 e. The van der Waals surface area contributed by atoms with Crippen LogP contribution in [0, 0.1) is 0 Å². The first-order valence-corrected chi connectivity index (χ1v) is 8.84. The lowest BCUT2D eigenvalue weighted by atomic mass is 9.98. The summed E-state index contributed by atoms with van der Waals surface area (Å²) < 4.78 is 59.5. The summed E-state index contributed by atoms with van der Waals surface area (Å²) >= 11 is 0. The van der Waals surface area contributed by atoms with Gasteiger partial charge in [-0.2, -0.15) is 13.1 Å². The van der Waals surface area contributed by atoms with Gasteiger partial charge in [-0.25, -0.2) is 0 Å². The summed E-state index contributed by atoms with van der Waals surface area (Å²) in [6, 6.07) is 0. The Bertz CT molecular complexity index is 577. The van der Waals surface area contributed by atoms with Crippen molar-refractivity contribution in [2.75, 3.05) is 20.3 Å². The van der Waals surface area contributed by atoms with E-state index < -0.39 is 39.9 Å². The maximum absolute atomic E-state index is 11.6. The van der Waals surface area contributed by atoms with Crippen LogP contribution in [0.25, 0.3) is 0 Å². The molecule has 0 bridgehead atoms. The Morgan fingerprint density at radius 2 is 1.83 bits per heavy atom. The summed E-state index contributed by atoms with van der Waals surface area (Å²) in [5.74, 6) is -3.12. The molecule has 0 aromatic rings. The van der Waals surface area contributed by atoms with Gasteiger partial charge in [0, 0.05) is 7.05 Å². The van der Waals surface area contributed by atoms with Gasteiger partial charge in [0.1, 0.15) is 24.9 Å². The number of nitrogens with one attached hydrogen (secondary N) is 1. The summed E-state index contributed by atoms with van der Waals surface area (Å²) in [4.78, 5) is 0. The fourth-order valence-corrected chi connectivity index (χ4v) is 3.60. The van der Waals surface area contributed by atoms with Gasteiger partial charge in [0.05, 0.1) is 6.61 Å². The molecule has 0 saturated carbocycles. The average Bonchev–Trinajstić information content (AvgIpc) is 2.88. The number of ether oxygens (including phenoxy) is 5. The van der Waals surface area contributed by atoms with E-state index in [4.69, 9.17) is 27.9 Å². The maximum Gasteiger partial charge on any atom is 0.335 e. The van der Waals surface area contributed by atoms with Crippen molar-refractivity contribution >= 4 is 10.3 Å². The Morgan fingerprint density at radius 3 is 2.48 bits per heavy atom. The molecular weight excluding hydrogens is 330 g/mol. The molecule has 134 valence electrons. The quantitative estimate of drug-likeness (QED) is 0.745. The average molecular weight is 353 g/mol. The minimum Gasteiger partial charge on any atom is -0.343 e. The van der Waals surface area contributed by atoms with Crippen LogP contribution >= 0.6 is 0 Å². The highest BCUT2D eigenvalue weighted by molar-refractivity contribution is 7.84. The molecule has 3 rings (SSSR count). The Labute approximate surface area is 135 Å². The topological polar surface area (TPSA) is 102 Å². The van der Waals surface area contributed by atoms with Crippen molar-refractivity contribution in [1.82, 2.24) is 4.72 Å². The van der Waals surface area contributed by atoms with Crippen LogP contribution in [0.2, 0.25) is 0 Å². The molecule has 1 N–H and O–H groups in total. The van der Waals surface area contributed by atoms with Crippen molar-refractivity contribution in [2.45, 2.75) is 63.4 Å². The molecule has 1 unspecified atom stereocenters. The fourth-order valence-electron chi connectivity index (χ4n) is 3.17. The molecule has 23 heavy (non-hydrogen) atoms. The summed E-state index contributed by atoms with van der Waals surface area (Å²) in [5, 5.41) is 0. The second kappa shape index (κ2) is 5.33. The zero-order chi connectivity index (χ0) is 17.1. The highest BCUT2D eigenvalue weighted by atomic mass is 32.2. The first-order valence-electron chi connectivity index (χ1n) is 7.43. The third-order valence-corrected chi connectivity index (χ3v) is 4.87. The van der Waals surface area contributed by atoms with Crippen molar-refractivity contribution in [2.24, 2.45) is 0 Å². The van der Waals surface area contributed by atoms with Crippen LogP contribution in [0.4, 0.5) is 0 Å². The Balaban J connectivity index is 1.85. The van der Waals surface area contributed by atoms with Gasteiger partial charge < -0.3 is 23.7 Å². The molecule has 0 amide bonds. The molecule has 0 radical (unpaired) electrons. The van der Waals surface area contributed by atoms with Crippen LogP contribution in [0.1, 0.15) is 27.7 Å². The maximum atomic E-state index is 11.6.